The lowest BCUT2D eigenvalue weighted by Gasteiger charge is -2.20. The van der Waals surface area contributed by atoms with Crippen LogP contribution < -0.4 is 5.73 Å². The average molecular weight is 250 g/mol. The third kappa shape index (κ3) is 3.30. The number of carboxylic acids is 1. The molecular weight excluding hydrogens is 232 g/mol. The molecule has 1 atom stereocenters. The van der Waals surface area contributed by atoms with Gasteiger partial charge in [0.05, 0.1) is 0 Å². The highest BCUT2D eigenvalue weighted by molar-refractivity contribution is 6.00. The lowest BCUT2D eigenvalue weighted by atomic mass is 10.1. The van der Waals surface area contributed by atoms with E-state index in [1.807, 2.05) is 32.0 Å². The minimum atomic E-state index is -1.50. The largest absolute Gasteiger partial charge is 0.480 e. The summed E-state index contributed by atoms with van der Waals surface area (Å²) in [6.07, 6.45) is 0. The molecule has 0 aliphatic rings. The number of hydrogen-bond donors (Lipinski definition) is 2. The third-order valence-electron chi connectivity index (χ3n) is 2.81. The van der Waals surface area contributed by atoms with Crippen molar-refractivity contribution in [1.82, 2.24) is 4.90 Å². The number of rotatable bonds is 4. The number of nitrogens with two attached hydrogens (primary N) is 1. The summed E-state index contributed by atoms with van der Waals surface area (Å²) >= 11 is 0. The Morgan fingerprint density at radius 1 is 1.39 bits per heavy atom. The Bertz CT molecular complexity index is 471. The number of aliphatic carboxylic acids is 1. The first kappa shape index (κ1) is 14.2. The molecule has 0 saturated heterocycles. The second kappa shape index (κ2) is 5.64. The van der Waals surface area contributed by atoms with Crippen LogP contribution in [-0.2, 0) is 16.1 Å². The molecule has 5 nitrogen and oxygen atoms in total. The fourth-order valence-corrected chi connectivity index (χ4v) is 1.70. The summed E-state index contributed by atoms with van der Waals surface area (Å²) in [6.45, 7) is 4.30. The highest BCUT2D eigenvalue weighted by Gasteiger charge is 2.24. The Labute approximate surface area is 106 Å². The predicted octanol–water partition coefficient (Wildman–Crippen LogP) is 0.674. The number of hydrogen-bond acceptors (Lipinski definition) is 3. The second-order valence-electron chi connectivity index (χ2n) is 4.44. The zero-order valence-electron chi connectivity index (χ0n) is 10.8. The average Bonchev–Trinajstić information content (AvgIpc) is 2.30. The SMILES string of the molecule is Cc1ccc(CN(C)C(=O)C(N)C(=O)O)c(C)c1. The molecule has 1 aromatic rings. The van der Waals surface area contributed by atoms with Crippen molar-refractivity contribution >= 4 is 11.9 Å². The number of carbonyl (C=O) groups is 2. The molecule has 0 saturated carbocycles. The summed E-state index contributed by atoms with van der Waals surface area (Å²) in [7, 11) is 1.55. The van der Waals surface area contributed by atoms with Gasteiger partial charge in [-0.1, -0.05) is 23.8 Å². The first-order valence-corrected chi connectivity index (χ1v) is 5.62. The van der Waals surface area contributed by atoms with Crippen molar-refractivity contribution in [2.45, 2.75) is 26.4 Å². The summed E-state index contributed by atoms with van der Waals surface area (Å²) in [6, 6.07) is 4.41. The van der Waals surface area contributed by atoms with Crippen molar-refractivity contribution in [3.05, 3.63) is 34.9 Å². The predicted molar refractivity (Wildman–Crippen MR) is 68.0 cm³/mol. The molecule has 0 heterocycles. The van der Waals surface area contributed by atoms with Crippen molar-refractivity contribution < 1.29 is 14.7 Å². The smallest absolute Gasteiger partial charge is 0.330 e. The van der Waals surface area contributed by atoms with Gasteiger partial charge in [0.25, 0.3) is 5.91 Å². The van der Waals surface area contributed by atoms with E-state index in [-0.39, 0.29) is 0 Å². The number of nitrogens with zero attached hydrogens (tertiary/aromatic N) is 1. The molecule has 3 N–H and O–H groups in total. The van der Waals surface area contributed by atoms with Crippen molar-refractivity contribution in [1.29, 1.82) is 0 Å². The number of benzene rings is 1. The molecule has 1 aromatic carbocycles. The topological polar surface area (TPSA) is 83.6 Å². The van der Waals surface area contributed by atoms with E-state index in [1.165, 1.54) is 4.90 Å². The van der Waals surface area contributed by atoms with Crippen LogP contribution in [0.25, 0.3) is 0 Å². The van der Waals surface area contributed by atoms with Gasteiger partial charge in [-0.25, -0.2) is 4.79 Å². The van der Waals surface area contributed by atoms with Gasteiger partial charge in [-0.05, 0) is 25.0 Å². The summed E-state index contributed by atoms with van der Waals surface area (Å²) in [5.41, 5.74) is 8.48. The van der Waals surface area contributed by atoms with Gasteiger partial charge in [-0.2, -0.15) is 0 Å². The van der Waals surface area contributed by atoms with Crippen LogP contribution in [0.1, 0.15) is 16.7 Å². The fraction of sp³-hybridized carbons (Fsp3) is 0.385. The molecule has 0 fully saturated rings. The number of carbonyl (C=O) groups excluding carboxylic acids is 1. The van der Waals surface area contributed by atoms with E-state index in [4.69, 9.17) is 10.8 Å². The molecule has 5 heteroatoms. The summed E-state index contributed by atoms with van der Waals surface area (Å²) in [4.78, 5) is 23.7. The van der Waals surface area contributed by atoms with Crippen molar-refractivity contribution in [2.75, 3.05) is 7.05 Å². The van der Waals surface area contributed by atoms with E-state index in [0.717, 1.165) is 16.7 Å². The Morgan fingerprint density at radius 2 is 2.00 bits per heavy atom. The van der Waals surface area contributed by atoms with Gasteiger partial charge in [0.1, 0.15) is 0 Å². The molecular formula is C13H18N2O3. The number of aryl methyl sites for hydroxylation is 2. The van der Waals surface area contributed by atoms with Gasteiger partial charge < -0.3 is 15.7 Å². The third-order valence-corrected chi connectivity index (χ3v) is 2.81. The highest BCUT2D eigenvalue weighted by Crippen LogP contribution is 2.12. The van der Waals surface area contributed by atoms with Crippen LogP contribution in [-0.4, -0.2) is 35.0 Å². The lowest BCUT2D eigenvalue weighted by molar-refractivity contribution is -0.146. The summed E-state index contributed by atoms with van der Waals surface area (Å²) < 4.78 is 0. The van der Waals surface area contributed by atoms with Crippen LogP contribution >= 0.6 is 0 Å². The maximum atomic E-state index is 11.7. The molecule has 18 heavy (non-hydrogen) atoms. The van der Waals surface area contributed by atoms with Crippen LogP contribution in [0.15, 0.2) is 18.2 Å². The molecule has 0 spiro atoms. The fourth-order valence-electron chi connectivity index (χ4n) is 1.70. The van der Waals surface area contributed by atoms with E-state index >= 15 is 0 Å². The van der Waals surface area contributed by atoms with Crippen LogP contribution in [0, 0.1) is 13.8 Å². The first-order chi connectivity index (χ1) is 8.32. The minimum absolute atomic E-state index is 0.353. The summed E-state index contributed by atoms with van der Waals surface area (Å²) in [5, 5.41) is 8.69. The quantitative estimate of drug-likeness (QED) is 0.769. The Hall–Kier alpha value is -1.88. The van der Waals surface area contributed by atoms with Gasteiger partial charge in [-0.3, -0.25) is 4.79 Å². The maximum absolute atomic E-state index is 11.7. The monoisotopic (exact) mass is 250 g/mol. The van der Waals surface area contributed by atoms with Crippen molar-refractivity contribution in [3.8, 4) is 0 Å². The molecule has 1 rings (SSSR count). The van der Waals surface area contributed by atoms with E-state index < -0.39 is 17.9 Å². The van der Waals surface area contributed by atoms with Crippen molar-refractivity contribution in [2.24, 2.45) is 5.73 Å². The van der Waals surface area contributed by atoms with E-state index in [2.05, 4.69) is 0 Å². The van der Waals surface area contributed by atoms with Gasteiger partial charge in [0.15, 0.2) is 6.04 Å². The van der Waals surface area contributed by atoms with Crippen LogP contribution in [0.3, 0.4) is 0 Å². The number of likely N-dealkylation sites (N-methyl/N-ethyl adjacent to an activating group) is 1. The summed E-state index contributed by atoms with van der Waals surface area (Å²) in [5.74, 6) is -1.91. The Kier molecular flexibility index (Phi) is 4.44. The first-order valence-electron chi connectivity index (χ1n) is 5.62. The number of carboxylic acid groups (broad SMARTS) is 1. The van der Waals surface area contributed by atoms with Gasteiger partial charge in [0.2, 0.25) is 0 Å². The highest BCUT2D eigenvalue weighted by atomic mass is 16.4. The van der Waals surface area contributed by atoms with E-state index in [9.17, 15) is 9.59 Å². The molecule has 1 amide bonds. The zero-order chi connectivity index (χ0) is 13.9. The minimum Gasteiger partial charge on any atom is -0.480 e. The Balaban J connectivity index is 2.78. The molecule has 1 unspecified atom stereocenters. The van der Waals surface area contributed by atoms with E-state index in [1.54, 1.807) is 7.05 Å². The molecule has 0 aromatic heterocycles. The van der Waals surface area contributed by atoms with Crippen LogP contribution in [0.5, 0.6) is 0 Å². The molecule has 0 aliphatic heterocycles. The molecule has 0 radical (unpaired) electrons. The molecule has 0 bridgehead atoms. The van der Waals surface area contributed by atoms with Crippen LogP contribution in [0.2, 0.25) is 0 Å². The standard InChI is InChI=1S/C13H18N2O3/c1-8-4-5-10(9(2)6-8)7-15(3)12(16)11(14)13(17)18/h4-6,11H,7,14H2,1-3H3,(H,17,18). The second-order valence-corrected chi connectivity index (χ2v) is 4.44. The maximum Gasteiger partial charge on any atom is 0.330 e. The molecule has 98 valence electrons. The lowest BCUT2D eigenvalue weighted by Crippen LogP contribution is -2.46. The normalized spacial score (nSPS) is 12.0. The van der Waals surface area contributed by atoms with Crippen molar-refractivity contribution in [3.63, 3.8) is 0 Å². The Morgan fingerprint density at radius 3 is 2.50 bits per heavy atom. The van der Waals surface area contributed by atoms with Gasteiger partial charge in [0, 0.05) is 13.6 Å². The zero-order valence-corrected chi connectivity index (χ0v) is 10.8. The number of amides is 1. The van der Waals surface area contributed by atoms with E-state index in [0.29, 0.717) is 6.54 Å². The molecule has 0 aliphatic carbocycles. The van der Waals surface area contributed by atoms with Gasteiger partial charge >= 0.3 is 5.97 Å². The van der Waals surface area contributed by atoms with Gasteiger partial charge in [-0.15, -0.1) is 0 Å². The van der Waals surface area contributed by atoms with Crippen LogP contribution in [0.4, 0.5) is 0 Å².